The summed E-state index contributed by atoms with van der Waals surface area (Å²) in [5.41, 5.74) is 3.65. The van der Waals surface area contributed by atoms with Crippen LogP contribution in [0.1, 0.15) is 31.4 Å². The van der Waals surface area contributed by atoms with Gasteiger partial charge in [-0.15, -0.1) is 0 Å². The van der Waals surface area contributed by atoms with E-state index < -0.39 is 5.82 Å². The van der Waals surface area contributed by atoms with Crippen molar-refractivity contribution in [2.45, 2.75) is 26.3 Å². The Labute approximate surface area is 214 Å². The molecule has 9 nitrogen and oxygen atoms in total. The zero-order chi connectivity index (χ0) is 25.9. The maximum absolute atomic E-state index is 14.9. The number of ether oxygens (including phenoxy) is 1. The van der Waals surface area contributed by atoms with Gasteiger partial charge in [0.05, 0.1) is 49.1 Å². The highest BCUT2D eigenvalue weighted by Crippen LogP contribution is 2.30. The summed E-state index contributed by atoms with van der Waals surface area (Å²) < 4.78 is 34.9. The largest absolute Gasteiger partial charge is 0.479 e. The first-order valence-electron chi connectivity index (χ1n) is 12.4. The van der Waals surface area contributed by atoms with Gasteiger partial charge in [0.1, 0.15) is 18.2 Å². The Morgan fingerprint density at radius 2 is 1.84 bits per heavy atom. The number of hydrogen-bond donors (Lipinski definition) is 0. The van der Waals surface area contributed by atoms with E-state index >= 15 is 0 Å². The van der Waals surface area contributed by atoms with Crippen LogP contribution in [0.5, 0.6) is 5.88 Å². The van der Waals surface area contributed by atoms with Crippen LogP contribution in [-0.4, -0.2) is 80.9 Å². The zero-order valence-electron chi connectivity index (χ0n) is 21.2. The predicted octanol–water partition coefficient (Wildman–Crippen LogP) is 3.69. The molecule has 4 aromatic heterocycles. The van der Waals surface area contributed by atoms with Crippen molar-refractivity contribution in [2.75, 3.05) is 51.4 Å². The van der Waals surface area contributed by atoms with Gasteiger partial charge in [0.2, 0.25) is 5.88 Å². The fourth-order valence-electron chi connectivity index (χ4n) is 4.57. The number of methoxy groups -OCH3 is 1. The number of pyridine rings is 2. The molecule has 0 atom stereocenters. The van der Waals surface area contributed by atoms with E-state index in [-0.39, 0.29) is 18.4 Å². The molecule has 1 saturated heterocycles. The van der Waals surface area contributed by atoms with Crippen molar-refractivity contribution in [3.8, 4) is 17.3 Å². The Morgan fingerprint density at radius 1 is 1.03 bits per heavy atom. The molecule has 0 saturated carbocycles. The zero-order valence-corrected chi connectivity index (χ0v) is 21.2. The quantitative estimate of drug-likeness (QED) is 0.356. The molecular weight excluding hydrogens is 478 g/mol. The van der Waals surface area contributed by atoms with Crippen molar-refractivity contribution < 1.29 is 13.5 Å². The van der Waals surface area contributed by atoms with E-state index in [1.165, 1.54) is 13.3 Å². The number of fused-ring (bicyclic) bond motifs is 1. The Hall–Kier alpha value is -3.73. The standard InChI is InChI=1S/C26H30F2N8O/c1-17(2)36-16-31-25-22(36)13-21(32-26(25)37-3)24-20(28)15-30-23(33-24)12-18-4-5-19(14-29-18)35-10-8-34(7-6-27)9-11-35/h4-5,13-17H,6-12H2,1-3H3. The molecule has 0 amide bonds. The molecule has 5 rings (SSSR count). The summed E-state index contributed by atoms with van der Waals surface area (Å²) in [5.74, 6) is 0.187. The van der Waals surface area contributed by atoms with Crippen LogP contribution in [0.2, 0.25) is 0 Å². The molecule has 5 heterocycles. The van der Waals surface area contributed by atoms with E-state index in [1.807, 2.05) is 36.7 Å². The molecule has 1 aliphatic rings. The average Bonchev–Trinajstić information content (AvgIpc) is 3.35. The molecule has 0 radical (unpaired) electrons. The van der Waals surface area contributed by atoms with Crippen LogP contribution in [0.15, 0.2) is 36.9 Å². The summed E-state index contributed by atoms with van der Waals surface area (Å²) in [6.07, 6.45) is 5.07. The fraction of sp³-hybridized carbons (Fsp3) is 0.423. The average molecular weight is 509 g/mol. The van der Waals surface area contributed by atoms with Crippen LogP contribution in [-0.2, 0) is 6.42 Å². The number of imidazole rings is 1. The van der Waals surface area contributed by atoms with Gasteiger partial charge in [-0.05, 0) is 32.0 Å². The van der Waals surface area contributed by atoms with Gasteiger partial charge in [0, 0.05) is 44.5 Å². The minimum atomic E-state index is -0.566. The van der Waals surface area contributed by atoms with Gasteiger partial charge < -0.3 is 14.2 Å². The summed E-state index contributed by atoms with van der Waals surface area (Å²) in [7, 11) is 1.51. The Kier molecular flexibility index (Phi) is 7.22. The van der Waals surface area contributed by atoms with Crippen molar-refractivity contribution in [1.82, 2.24) is 34.4 Å². The molecule has 0 N–H and O–H groups in total. The summed E-state index contributed by atoms with van der Waals surface area (Å²) in [5, 5.41) is 0. The Bertz CT molecular complexity index is 1370. The smallest absolute Gasteiger partial charge is 0.242 e. The van der Waals surface area contributed by atoms with Gasteiger partial charge in [0.15, 0.2) is 11.3 Å². The second kappa shape index (κ2) is 10.7. The number of hydrogen-bond acceptors (Lipinski definition) is 8. The van der Waals surface area contributed by atoms with Gasteiger partial charge in [-0.25, -0.2) is 28.7 Å². The van der Waals surface area contributed by atoms with Crippen LogP contribution >= 0.6 is 0 Å². The molecule has 0 aliphatic carbocycles. The maximum atomic E-state index is 14.9. The van der Waals surface area contributed by atoms with E-state index in [0.29, 0.717) is 35.9 Å². The van der Waals surface area contributed by atoms with Gasteiger partial charge in [-0.3, -0.25) is 9.88 Å². The summed E-state index contributed by atoms with van der Waals surface area (Å²) in [4.78, 5) is 26.5. The van der Waals surface area contributed by atoms with Crippen molar-refractivity contribution in [3.63, 3.8) is 0 Å². The predicted molar refractivity (Wildman–Crippen MR) is 137 cm³/mol. The van der Waals surface area contributed by atoms with Crippen LogP contribution in [0.4, 0.5) is 14.5 Å². The molecule has 0 spiro atoms. The molecule has 1 fully saturated rings. The Morgan fingerprint density at radius 3 is 2.51 bits per heavy atom. The first-order chi connectivity index (χ1) is 18.0. The first-order valence-corrected chi connectivity index (χ1v) is 12.4. The van der Waals surface area contributed by atoms with Crippen LogP contribution in [0, 0.1) is 5.82 Å². The lowest BCUT2D eigenvalue weighted by atomic mass is 10.2. The van der Waals surface area contributed by atoms with Crippen molar-refractivity contribution in [2.24, 2.45) is 0 Å². The van der Waals surface area contributed by atoms with E-state index in [0.717, 1.165) is 43.1 Å². The molecule has 194 valence electrons. The topological polar surface area (TPSA) is 85.1 Å². The Balaban J connectivity index is 1.37. The van der Waals surface area contributed by atoms with Crippen LogP contribution in [0.3, 0.4) is 0 Å². The molecule has 0 bridgehead atoms. The third-order valence-electron chi connectivity index (χ3n) is 6.60. The monoisotopic (exact) mass is 508 g/mol. The minimum Gasteiger partial charge on any atom is -0.479 e. The summed E-state index contributed by atoms with van der Waals surface area (Å²) in [6, 6.07) is 5.89. The normalized spacial score (nSPS) is 14.6. The minimum absolute atomic E-state index is 0.101. The van der Waals surface area contributed by atoms with Crippen molar-refractivity contribution >= 4 is 16.7 Å². The SMILES string of the molecule is COc1nc(-c2nc(Cc3ccc(N4CCN(CCF)CC4)cn3)ncc2F)cc2c1ncn2C(C)C. The second-order valence-corrected chi connectivity index (χ2v) is 9.32. The third kappa shape index (κ3) is 5.22. The van der Waals surface area contributed by atoms with E-state index in [1.54, 1.807) is 12.4 Å². The van der Waals surface area contributed by atoms with Gasteiger partial charge in [-0.2, -0.15) is 0 Å². The fourth-order valence-corrected chi connectivity index (χ4v) is 4.57. The van der Waals surface area contributed by atoms with Gasteiger partial charge in [-0.1, -0.05) is 0 Å². The first kappa shape index (κ1) is 24.9. The molecule has 0 unspecified atom stereocenters. The number of halogens is 2. The lowest BCUT2D eigenvalue weighted by Crippen LogP contribution is -2.47. The third-order valence-corrected chi connectivity index (χ3v) is 6.60. The number of rotatable bonds is 8. The van der Waals surface area contributed by atoms with Crippen molar-refractivity contribution in [3.05, 3.63) is 54.3 Å². The highest BCUT2D eigenvalue weighted by Gasteiger charge is 2.19. The van der Waals surface area contributed by atoms with Gasteiger partial charge in [0.25, 0.3) is 0 Å². The lowest BCUT2D eigenvalue weighted by molar-refractivity contribution is 0.235. The molecule has 4 aromatic rings. The van der Waals surface area contributed by atoms with E-state index in [4.69, 9.17) is 4.74 Å². The number of anilines is 1. The van der Waals surface area contributed by atoms with Crippen LogP contribution in [0.25, 0.3) is 22.4 Å². The second-order valence-electron chi connectivity index (χ2n) is 9.32. The molecule has 37 heavy (non-hydrogen) atoms. The van der Waals surface area contributed by atoms with E-state index in [9.17, 15) is 8.78 Å². The van der Waals surface area contributed by atoms with Crippen LogP contribution < -0.4 is 9.64 Å². The molecule has 11 heteroatoms. The number of piperazine rings is 1. The summed E-state index contributed by atoms with van der Waals surface area (Å²) in [6.45, 7) is 7.60. The highest BCUT2D eigenvalue weighted by atomic mass is 19.1. The molecule has 1 aliphatic heterocycles. The number of nitrogens with zero attached hydrogens (tertiary/aromatic N) is 8. The molecule has 0 aromatic carbocycles. The van der Waals surface area contributed by atoms with Gasteiger partial charge >= 0.3 is 0 Å². The molecular formula is C26H30F2N8O. The van der Waals surface area contributed by atoms with Crippen molar-refractivity contribution in [1.29, 1.82) is 0 Å². The number of alkyl halides is 1. The summed E-state index contributed by atoms with van der Waals surface area (Å²) >= 11 is 0. The highest BCUT2D eigenvalue weighted by molar-refractivity contribution is 5.84. The number of aromatic nitrogens is 6. The van der Waals surface area contributed by atoms with E-state index in [2.05, 4.69) is 34.7 Å². The lowest BCUT2D eigenvalue weighted by Gasteiger charge is -2.35. The maximum Gasteiger partial charge on any atom is 0.242 e.